The first-order valence-electron chi connectivity index (χ1n) is 9.86. The largest absolute Gasteiger partial charge is 0.471 e. The zero-order valence-corrected chi connectivity index (χ0v) is 17.7. The molecule has 0 N–H and O–H groups in total. The van der Waals surface area contributed by atoms with Gasteiger partial charge in [0.05, 0.1) is 0 Å². The Morgan fingerprint density at radius 2 is 2.09 bits per heavy atom. The molecule has 3 aromatic rings. The van der Waals surface area contributed by atoms with Crippen LogP contribution in [0, 0.1) is 0 Å². The lowest BCUT2D eigenvalue weighted by atomic mass is 10.1. The second-order valence-corrected chi connectivity index (χ2v) is 8.24. The Morgan fingerprint density at radius 3 is 2.84 bits per heavy atom. The molecule has 0 spiro atoms. The Bertz CT molecular complexity index is 1180. The number of hydrogen-bond donors (Lipinski definition) is 0. The quantitative estimate of drug-likeness (QED) is 0.428. The molecule has 0 aliphatic carbocycles. The minimum Gasteiger partial charge on any atom is -0.351 e. The number of carbonyl (C=O) groups is 1. The Labute approximate surface area is 184 Å². The van der Waals surface area contributed by atoms with Crippen LogP contribution in [0.25, 0.3) is 11.4 Å². The van der Waals surface area contributed by atoms with Crippen molar-refractivity contribution in [2.24, 2.45) is 0 Å². The molecule has 2 aromatic heterocycles. The molecule has 2 aliphatic heterocycles. The standard InChI is InChI=1S/C20H17F3N6O2S/c1-32-19-24-9-14-16(26-19)28-7-3-6-13(28)10-29(17(14)30)12-5-2-4-11(8-12)15-25-18(31-27-15)20(21,22)23/h2,4-5,8-9,13H,3,6-7,10H2,1H3. The maximum atomic E-state index is 13.5. The first-order chi connectivity index (χ1) is 15.3. The minimum atomic E-state index is -4.73. The number of benzene rings is 1. The summed E-state index contributed by atoms with van der Waals surface area (Å²) < 4.78 is 42.9. The lowest BCUT2D eigenvalue weighted by molar-refractivity contribution is -0.159. The van der Waals surface area contributed by atoms with Crippen molar-refractivity contribution in [2.75, 3.05) is 29.1 Å². The summed E-state index contributed by atoms with van der Waals surface area (Å²) in [6.45, 7) is 1.22. The number of alkyl halides is 3. The molecule has 1 aromatic carbocycles. The van der Waals surface area contributed by atoms with Gasteiger partial charge in [0.1, 0.15) is 11.4 Å². The van der Waals surface area contributed by atoms with Gasteiger partial charge in [-0.3, -0.25) is 4.79 Å². The van der Waals surface area contributed by atoms with Crippen molar-refractivity contribution in [3.63, 3.8) is 0 Å². The second-order valence-electron chi connectivity index (χ2n) is 7.47. The van der Waals surface area contributed by atoms with Crippen molar-refractivity contribution in [1.29, 1.82) is 0 Å². The minimum absolute atomic E-state index is 0.0791. The molecule has 8 nitrogen and oxygen atoms in total. The summed E-state index contributed by atoms with van der Waals surface area (Å²) in [5.41, 5.74) is 1.24. The second kappa shape index (κ2) is 7.76. The van der Waals surface area contributed by atoms with E-state index in [1.165, 1.54) is 11.8 Å². The van der Waals surface area contributed by atoms with Gasteiger partial charge in [0.25, 0.3) is 5.91 Å². The van der Waals surface area contributed by atoms with Gasteiger partial charge in [0, 0.05) is 36.6 Å². The van der Waals surface area contributed by atoms with E-state index in [4.69, 9.17) is 0 Å². The monoisotopic (exact) mass is 462 g/mol. The van der Waals surface area contributed by atoms with Gasteiger partial charge in [-0.05, 0) is 31.2 Å². The molecule has 166 valence electrons. The molecule has 0 bridgehead atoms. The number of halogens is 3. The average Bonchev–Trinajstić information content (AvgIpc) is 3.44. The first kappa shape index (κ1) is 20.7. The molecule has 1 fully saturated rings. The Balaban J connectivity index is 1.54. The SMILES string of the molecule is CSc1ncc2c(n1)N1CCCC1CN(c1cccc(-c3noc(C(F)(F)F)n3)c1)C2=O. The van der Waals surface area contributed by atoms with Gasteiger partial charge in [-0.2, -0.15) is 18.2 Å². The topological polar surface area (TPSA) is 88.2 Å². The van der Waals surface area contributed by atoms with Crippen molar-refractivity contribution in [3.05, 3.63) is 41.9 Å². The summed E-state index contributed by atoms with van der Waals surface area (Å²) in [6.07, 6.45) is 0.578. The zero-order valence-electron chi connectivity index (χ0n) is 16.8. The lowest BCUT2D eigenvalue weighted by Crippen LogP contribution is -2.39. The van der Waals surface area contributed by atoms with Gasteiger partial charge in [-0.25, -0.2) is 9.97 Å². The van der Waals surface area contributed by atoms with E-state index < -0.39 is 12.1 Å². The predicted octanol–water partition coefficient (Wildman–Crippen LogP) is 3.90. The van der Waals surface area contributed by atoms with E-state index >= 15 is 0 Å². The van der Waals surface area contributed by atoms with Crippen LogP contribution in [-0.2, 0) is 6.18 Å². The van der Waals surface area contributed by atoms with E-state index in [9.17, 15) is 18.0 Å². The third-order valence-corrected chi connectivity index (χ3v) is 6.09. The van der Waals surface area contributed by atoms with Crippen molar-refractivity contribution in [2.45, 2.75) is 30.2 Å². The number of thioether (sulfide) groups is 1. The molecular formula is C20H17F3N6O2S. The number of aromatic nitrogens is 4. The van der Waals surface area contributed by atoms with Crippen molar-refractivity contribution in [3.8, 4) is 11.4 Å². The third-order valence-electron chi connectivity index (χ3n) is 5.53. The van der Waals surface area contributed by atoms with Crippen LogP contribution in [-0.4, -0.2) is 51.4 Å². The van der Waals surface area contributed by atoms with E-state index in [2.05, 4.69) is 29.5 Å². The molecule has 1 saturated heterocycles. The van der Waals surface area contributed by atoms with Gasteiger partial charge in [-0.15, -0.1) is 0 Å². The summed E-state index contributed by atoms with van der Waals surface area (Å²) in [7, 11) is 0. The molecule has 1 unspecified atom stereocenters. The summed E-state index contributed by atoms with van der Waals surface area (Å²) in [6, 6.07) is 6.61. The van der Waals surface area contributed by atoms with Gasteiger partial charge < -0.3 is 14.3 Å². The summed E-state index contributed by atoms with van der Waals surface area (Å²) >= 11 is 1.41. The smallest absolute Gasteiger partial charge is 0.351 e. The predicted molar refractivity (Wildman–Crippen MR) is 111 cm³/mol. The van der Waals surface area contributed by atoms with Crippen LogP contribution in [0.15, 0.2) is 40.1 Å². The number of carbonyl (C=O) groups excluding carboxylic acids is 1. The van der Waals surface area contributed by atoms with Gasteiger partial charge in [-0.1, -0.05) is 29.1 Å². The fourth-order valence-electron chi connectivity index (χ4n) is 4.06. The van der Waals surface area contributed by atoms with Crippen LogP contribution in [0.2, 0.25) is 0 Å². The van der Waals surface area contributed by atoms with Gasteiger partial charge >= 0.3 is 12.1 Å². The number of amides is 1. The normalized spacial score (nSPS) is 18.5. The molecule has 12 heteroatoms. The highest BCUT2D eigenvalue weighted by molar-refractivity contribution is 7.98. The van der Waals surface area contributed by atoms with Crippen molar-refractivity contribution < 1.29 is 22.5 Å². The molecule has 4 heterocycles. The van der Waals surface area contributed by atoms with Gasteiger partial charge in [0.15, 0.2) is 5.16 Å². The van der Waals surface area contributed by atoms with Crippen LogP contribution < -0.4 is 9.80 Å². The van der Waals surface area contributed by atoms with Crippen LogP contribution in [0.3, 0.4) is 0 Å². The first-order valence-corrected chi connectivity index (χ1v) is 11.1. The van der Waals surface area contributed by atoms with Crippen molar-refractivity contribution in [1.82, 2.24) is 20.1 Å². The summed E-state index contributed by atoms with van der Waals surface area (Å²) in [4.78, 5) is 29.5. The number of hydrogen-bond acceptors (Lipinski definition) is 8. The van der Waals surface area contributed by atoms with E-state index in [0.717, 1.165) is 19.4 Å². The molecule has 0 saturated carbocycles. The molecule has 32 heavy (non-hydrogen) atoms. The van der Waals surface area contributed by atoms with E-state index in [0.29, 0.717) is 34.3 Å². The fraction of sp³-hybridized carbons (Fsp3) is 0.350. The lowest BCUT2D eigenvalue weighted by Gasteiger charge is -2.27. The molecule has 0 radical (unpaired) electrons. The fourth-order valence-corrected chi connectivity index (χ4v) is 4.40. The Kier molecular flexibility index (Phi) is 5.03. The maximum absolute atomic E-state index is 13.5. The van der Waals surface area contributed by atoms with Crippen LogP contribution in [0.1, 0.15) is 29.1 Å². The molecule has 1 atom stereocenters. The van der Waals surface area contributed by atoms with E-state index in [1.807, 2.05) is 6.26 Å². The van der Waals surface area contributed by atoms with E-state index in [1.54, 1.807) is 35.4 Å². The molecular weight excluding hydrogens is 445 g/mol. The highest BCUT2D eigenvalue weighted by Crippen LogP contribution is 2.35. The number of fused-ring (bicyclic) bond motifs is 3. The molecule has 2 aliphatic rings. The van der Waals surface area contributed by atoms with Crippen molar-refractivity contribution >= 4 is 29.2 Å². The zero-order chi connectivity index (χ0) is 22.5. The number of anilines is 2. The third kappa shape index (κ3) is 3.57. The van der Waals surface area contributed by atoms with Crippen LogP contribution in [0.4, 0.5) is 24.7 Å². The highest BCUT2D eigenvalue weighted by Gasteiger charge is 2.39. The number of rotatable bonds is 3. The van der Waals surface area contributed by atoms with Crippen LogP contribution in [0.5, 0.6) is 0 Å². The summed E-state index contributed by atoms with van der Waals surface area (Å²) in [5.74, 6) is -1.25. The Morgan fingerprint density at radius 1 is 1.25 bits per heavy atom. The number of nitrogens with zero attached hydrogens (tertiary/aromatic N) is 6. The molecule has 1 amide bonds. The van der Waals surface area contributed by atoms with E-state index in [-0.39, 0.29) is 17.8 Å². The van der Waals surface area contributed by atoms with Gasteiger partial charge in [0.2, 0.25) is 5.82 Å². The summed E-state index contributed by atoms with van der Waals surface area (Å²) in [5, 5.41) is 4.04. The molecule has 5 rings (SSSR count). The van der Waals surface area contributed by atoms with Crippen LogP contribution >= 0.6 is 11.8 Å². The maximum Gasteiger partial charge on any atom is 0.471 e. The average molecular weight is 462 g/mol. The Hall–Kier alpha value is -3.15. The highest BCUT2D eigenvalue weighted by atomic mass is 32.2.